The summed E-state index contributed by atoms with van der Waals surface area (Å²) in [5.74, 6) is -2.80. The number of aryl methyl sites for hydroxylation is 1. The Kier molecular flexibility index (Phi) is 6.07. The van der Waals surface area contributed by atoms with Crippen molar-refractivity contribution < 1.29 is 27.5 Å². The Morgan fingerprint density at radius 3 is 2.30 bits per heavy atom. The van der Waals surface area contributed by atoms with E-state index in [0.717, 1.165) is 10.4 Å². The average Bonchev–Trinajstić information content (AvgIpc) is 3.02. The van der Waals surface area contributed by atoms with Crippen LogP contribution in [0.1, 0.15) is 34.8 Å². The quantitative estimate of drug-likeness (QED) is 0.742. The molecule has 2 aromatic rings. The van der Waals surface area contributed by atoms with Gasteiger partial charge in [0.25, 0.3) is 5.91 Å². The number of carboxylic acids is 1. The number of aliphatic carboxylic acids is 1. The number of carboxylic acid groups (broad SMARTS) is 1. The lowest BCUT2D eigenvalue weighted by Gasteiger charge is -2.22. The van der Waals surface area contributed by atoms with Crippen molar-refractivity contribution in [1.29, 1.82) is 0 Å². The maximum Gasteiger partial charge on any atom is 0.308 e. The summed E-state index contributed by atoms with van der Waals surface area (Å²) in [5, 5.41) is 12.0. The Labute approximate surface area is 157 Å². The van der Waals surface area contributed by atoms with Gasteiger partial charge in [-0.25, -0.2) is 12.7 Å². The van der Waals surface area contributed by atoms with Crippen LogP contribution in [0.2, 0.25) is 0 Å². The van der Waals surface area contributed by atoms with Crippen LogP contribution in [-0.2, 0) is 14.8 Å². The van der Waals surface area contributed by atoms with Crippen molar-refractivity contribution in [2.45, 2.75) is 24.8 Å². The van der Waals surface area contributed by atoms with E-state index < -0.39 is 33.9 Å². The molecule has 2 unspecified atom stereocenters. The largest absolute Gasteiger partial charge is 0.481 e. The summed E-state index contributed by atoms with van der Waals surface area (Å²) in [6.07, 6.45) is 0. The van der Waals surface area contributed by atoms with Crippen molar-refractivity contribution >= 4 is 21.9 Å². The molecule has 0 aliphatic heterocycles. The molecule has 1 aromatic heterocycles. The molecular formula is C18H22N2O6S. The second kappa shape index (κ2) is 7.93. The first-order chi connectivity index (χ1) is 12.6. The number of furan rings is 1. The van der Waals surface area contributed by atoms with Crippen LogP contribution in [-0.4, -0.2) is 43.8 Å². The van der Waals surface area contributed by atoms with Crippen LogP contribution < -0.4 is 5.32 Å². The molecule has 0 radical (unpaired) electrons. The molecule has 2 N–H and O–H groups in total. The lowest BCUT2D eigenvalue weighted by molar-refractivity contribution is -0.142. The smallest absolute Gasteiger partial charge is 0.308 e. The molecular weight excluding hydrogens is 372 g/mol. The predicted octanol–water partition coefficient (Wildman–Crippen LogP) is 2.03. The van der Waals surface area contributed by atoms with Gasteiger partial charge in [-0.3, -0.25) is 9.59 Å². The van der Waals surface area contributed by atoms with Gasteiger partial charge >= 0.3 is 5.97 Å². The molecule has 146 valence electrons. The SMILES string of the molecule is Cc1oc(C(=O)NC(c2ccccc2)C(C)C(=O)O)cc1S(=O)(=O)N(C)C. The topological polar surface area (TPSA) is 117 Å². The van der Waals surface area contributed by atoms with Crippen LogP contribution in [0.5, 0.6) is 0 Å². The van der Waals surface area contributed by atoms with Crippen LogP contribution in [0.15, 0.2) is 45.7 Å². The molecule has 1 amide bonds. The van der Waals surface area contributed by atoms with Gasteiger partial charge in [-0.2, -0.15) is 0 Å². The zero-order valence-electron chi connectivity index (χ0n) is 15.5. The third-order valence-corrected chi connectivity index (χ3v) is 6.11. The van der Waals surface area contributed by atoms with Gasteiger partial charge in [-0.05, 0) is 19.4 Å². The molecule has 27 heavy (non-hydrogen) atoms. The summed E-state index contributed by atoms with van der Waals surface area (Å²) in [7, 11) is -1.01. The Morgan fingerprint density at radius 2 is 1.78 bits per heavy atom. The van der Waals surface area contributed by atoms with Gasteiger partial charge in [0.15, 0.2) is 5.76 Å². The minimum atomic E-state index is -3.77. The lowest BCUT2D eigenvalue weighted by atomic mass is 9.94. The number of carbonyl (C=O) groups excluding carboxylic acids is 1. The Bertz CT molecular complexity index is 934. The highest BCUT2D eigenvalue weighted by Gasteiger charge is 2.30. The first-order valence-electron chi connectivity index (χ1n) is 8.17. The summed E-state index contributed by atoms with van der Waals surface area (Å²) in [6, 6.07) is 9.01. The zero-order valence-corrected chi connectivity index (χ0v) is 16.3. The number of nitrogens with zero attached hydrogens (tertiary/aromatic N) is 1. The fourth-order valence-corrected chi connectivity index (χ4v) is 3.60. The van der Waals surface area contributed by atoms with Crippen molar-refractivity contribution in [2.75, 3.05) is 14.1 Å². The number of rotatable bonds is 7. The Hall–Kier alpha value is -2.65. The Morgan fingerprint density at radius 1 is 1.19 bits per heavy atom. The van der Waals surface area contributed by atoms with E-state index >= 15 is 0 Å². The van der Waals surface area contributed by atoms with Gasteiger partial charge in [0.05, 0.1) is 12.0 Å². The molecule has 1 heterocycles. The predicted molar refractivity (Wildman–Crippen MR) is 97.8 cm³/mol. The van der Waals surface area contributed by atoms with Crippen molar-refractivity contribution in [2.24, 2.45) is 5.92 Å². The third kappa shape index (κ3) is 4.37. The van der Waals surface area contributed by atoms with Gasteiger partial charge < -0.3 is 14.8 Å². The molecule has 1 aromatic carbocycles. The van der Waals surface area contributed by atoms with Gasteiger partial charge in [0.2, 0.25) is 10.0 Å². The molecule has 0 fully saturated rings. The maximum atomic E-state index is 12.6. The van der Waals surface area contributed by atoms with Gasteiger partial charge in [-0.1, -0.05) is 30.3 Å². The standard InChI is InChI=1S/C18H22N2O6S/c1-11(18(22)23)16(13-8-6-5-7-9-13)19-17(21)14-10-15(12(2)26-14)27(24,25)20(3)4/h5-11,16H,1-4H3,(H,19,21)(H,22,23). The molecule has 2 rings (SSSR count). The lowest BCUT2D eigenvalue weighted by Crippen LogP contribution is -2.35. The highest BCUT2D eigenvalue weighted by atomic mass is 32.2. The van der Waals surface area contributed by atoms with Crippen molar-refractivity contribution in [1.82, 2.24) is 9.62 Å². The third-order valence-electron chi connectivity index (χ3n) is 4.19. The number of carbonyl (C=O) groups is 2. The summed E-state index contributed by atoms with van der Waals surface area (Å²) in [5.41, 5.74) is 0.616. The Balaban J connectivity index is 2.35. The fraction of sp³-hybridized carbons (Fsp3) is 0.333. The molecule has 0 saturated carbocycles. The summed E-state index contributed by atoms with van der Waals surface area (Å²) in [6.45, 7) is 2.93. The molecule has 0 spiro atoms. The molecule has 0 aliphatic rings. The number of hydrogen-bond acceptors (Lipinski definition) is 5. The van der Waals surface area contributed by atoms with E-state index in [2.05, 4.69) is 5.32 Å². The fourth-order valence-electron chi connectivity index (χ4n) is 2.54. The summed E-state index contributed by atoms with van der Waals surface area (Å²) < 4.78 is 30.9. The molecule has 0 aliphatic carbocycles. The number of benzene rings is 1. The van der Waals surface area contributed by atoms with Gasteiger partial charge in [-0.15, -0.1) is 0 Å². The number of nitrogens with one attached hydrogen (secondary N) is 1. The van der Waals surface area contributed by atoms with E-state index in [9.17, 15) is 23.1 Å². The van der Waals surface area contributed by atoms with Crippen molar-refractivity contribution in [3.63, 3.8) is 0 Å². The van der Waals surface area contributed by atoms with Crippen LogP contribution in [0.4, 0.5) is 0 Å². The van der Waals surface area contributed by atoms with Gasteiger partial charge in [0, 0.05) is 20.2 Å². The van der Waals surface area contributed by atoms with Crippen molar-refractivity contribution in [3.05, 3.63) is 53.5 Å². The molecule has 9 heteroatoms. The maximum absolute atomic E-state index is 12.6. The van der Waals surface area contributed by atoms with Crippen LogP contribution in [0.25, 0.3) is 0 Å². The number of sulfonamides is 1. The van der Waals surface area contributed by atoms with Crippen molar-refractivity contribution in [3.8, 4) is 0 Å². The van der Waals surface area contributed by atoms with Crippen LogP contribution >= 0.6 is 0 Å². The summed E-state index contributed by atoms with van der Waals surface area (Å²) >= 11 is 0. The second-order valence-corrected chi connectivity index (χ2v) is 8.43. The normalized spacial score (nSPS) is 14.0. The van der Waals surface area contributed by atoms with E-state index in [0.29, 0.717) is 5.56 Å². The first kappa shape index (κ1) is 20.7. The van der Waals surface area contributed by atoms with Crippen LogP contribution in [0, 0.1) is 12.8 Å². The highest BCUT2D eigenvalue weighted by molar-refractivity contribution is 7.89. The zero-order chi connectivity index (χ0) is 20.4. The average molecular weight is 394 g/mol. The van der Waals surface area contributed by atoms with E-state index in [-0.39, 0.29) is 16.4 Å². The number of hydrogen-bond donors (Lipinski definition) is 2. The van der Waals surface area contributed by atoms with E-state index in [1.807, 2.05) is 0 Å². The van der Waals surface area contributed by atoms with Crippen LogP contribution in [0.3, 0.4) is 0 Å². The highest BCUT2D eigenvalue weighted by Crippen LogP contribution is 2.25. The summed E-state index contributed by atoms with van der Waals surface area (Å²) in [4.78, 5) is 23.9. The van der Waals surface area contributed by atoms with E-state index in [4.69, 9.17) is 4.42 Å². The van der Waals surface area contributed by atoms with E-state index in [1.54, 1.807) is 30.3 Å². The minimum absolute atomic E-state index is 0.0800. The number of amides is 1. The first-order valence-corrected chi connectivity index (χ1v) is 9.61. The molecule has 2 atom stereocenters. The molecule has 8 nitrogen and oxygen atoms in total. The monoisotopic (exact) mass is 394 g/mol. The molecule has 0 bridgehead atoms. The van der Waals surface area contributed by atoms with E-state index in [1.165, 1.54) is 27.9 Å². The minimum Gasteiger partial charge on any atom is -0.481 e. The second-order valence-electron chi connectivity index (χ2n) is 6.31. The van der Waals surface area contributed by atoms with Gasteiger partial charge in [0.1, 0.15) is 10.7 Å². The molecule has 0 saturated heterocycles.